The van der Waals surface area contributed by atoms with E-state index >= 15 is 0 Å². The van der Waals surface area contributed by atoms with Crippen LogP contribution in [0.4, 0.5) is 11.4 Å². The quantitative estimate of drug-likeness (QED) is 0.795. The number of nitrogens with zero attached hydrogens (tertiary/aromatic N) is 2. The Labute approximate surface area is 167 Å². The Morgan fingerprint density at radius 2 is 1.68 bits per heavy atom. The second kappa shape index (κ2) is 9.46. The topological polar surface area (TPSA) is 54.0 Å². The van der Waals surface area contributed by atoms with Crippen molar-refractivity contribution in [3.05, 3.63) is 48.5 Å². The van der Waals surface area contributed by atoms with Crippen molar-refractivity contribution in [3.63, 3.8) is 0 Å². The molecule has 1 fully saturated rings. The summed E-state index contributed by atoms with van der Waals surface area (Å²) in [5, 5.41) is 2.99. The van der Waals surface area contributed by atoms with Crippen molar-refractivity contribution in [2.24, 2.45) is 0 Å². The van der Waals surface area contributed by atoms with Gasteiger partial charge >= 0.3 is 0 Å². The normalized spacial score (nSPS) is 15.8. The van der Waals surface area contributed by atoms with Crippen LogP contribution in [-0.2, 0) is 4.79 Å². The van der Waals surface area contributed by atoms with Crippen molar-refractivity contribution in [2.75, 3.05) is 50.1 Å². The highest BCUT2D eigenvalue weighted by Gasteiger charge is 2.27. The molecule has 2 aromatic rings. The number of ether oxygens (including phenoxy) is 2. The number of nitrogens with one attached hydrogen (secondary N) is 1. The summed E-state index contributed by atoms with van der Waals surface area (Å²) in [6, 6.07) is 15.4. The van der Waals surface area contributed by atoms with Crippen molar-refractivity contribution in [2.45, 2.75) is 19.9 Å². The number of benzene rings is 2. The first kappa shape index (κ1) is 20.0. The average molecular weight is 383 g/mol. The first-order valence-electron chi connectivity index (χ1n) is 9.78. The van der Waals surface area contributed by atoms with E-state index in [1.165, 1.54) is 0 Å². The molecule has 0 bridgehead atoms. The van der Waals surface area contributed by atoms with Gasteiger partial charge in [0.15, 0.2) is 0 Å². The van der Waals surface area contributed by atoms with Gasteiger partial charge in [0.05, 0.1) is 31.1 Å². The fraction of sp³-hybridized carbons (Fsp3) is 0.409. The van der Waals surface area contributed by atoms with E-state index in [0.717, 1.165) is 37.6 Å². The molecule has 0 radical (unpaired) electrons. The number of methoxy groups -OCH3 is 1. The molecule has 1 atom stereocenters. The third-order valence-corrected chi connectivity index (χ3v) is 5.11. The Morgan fingerprint density at radius 1 is 1.04 bits per heavy atom. The molecule has 1 amide bonds. The summed E-state index contributed by atoms with van der Waals surface area (Å²) >= 11 is 0. The molecule has 28 heavy (non-hydrogen) atoms. The zero-order chi connectivity index (χ0) is 19.9. The van der Waals surface area contributed by atoms with Gasteiger partial charge in [-0.2, -0.15) is 0 Å². The minimum absolute atomic E-state index is 0.0207. The molecule has 0 spiro atoms. The van der Waals surface area contributed by atoms with Gasteiger partial charge in [0.25, 0.3) is 0 Å². The molecule has 1 aliphatic rings. The SMILES string of the molecule is CCOc1ccccc1N1CCN([C@@H](C)C(=O)Nc2ccccc2OC)CC1. The predicted molar refractivity (Wildman–Crippen MR) is 112 cm³/mol. The number of para-hydroxylation sites is 4. The Kier molecular flexibility index (Phi) is 6.76. The predicted octanol–water partition coefficient (Wildman–Crippen LogP) is 3.24. The maximum absolute atomic E-state index is 12.7. The number of amides is 1. The van der Waals surface area contributed by atoms with Gasteiger partial charge in [0.1, 0.15) is 11.5 Å². The number of carbonyl (C=O) groups is 1. The van der Waals surface area contributed by atoms with E-state index < -0.39 is 0 Å². The molecule has 0 aliphatic carbocycles. The first-order valence-corrected chi connectivity index (χ1v) is 9.78. The van der Waals surface area contributed by atoms with Crippen molar-refractivity contribution in [1.29, 1.82) is 0 Å². The van der Waals surface area contributed by atoms with Gasteiger partial charge in [-0.15, -0.1) is 0 Å². The molecule has 6 heteroatoms. The van der Waals surface area contributed by atoms with Crippen molar-refractivity contribution in [1.82, 2.24) is 4.90 Å². The number of anilines is 2. The molecule has 0 saturated carbocycles. The molecule has 0 aromatic heterocycles. The van der Waals surface area contributed by atoms with E-state index in [2.05, 4.69) is 21.2 Å². The second-order valence-corrected chi connectivity index (χ2v) is 6.79. The van der Waals surface area contributed by atoms with Gasteiger partial charge in [0.2, 0.25) is 5.91 Å². The van der Waals surface area contributed by atoms with Gasteiger partial charge < -0.3 is 19.7 Å². The minimum Gasteiger partial charge on any atom is -0.495 e. The maximum Gasteiger partial charge on any atom is 0.241 e. The van der Waals surface area contributed by atoms with Gasteiger partial charge in [-0.25, -0.2) is 0 Å². The van der Waals surface area contributed by atoms with E-state index in [1.54, 1.807) is 7.11 Å². The number of hydrogen-bond acceptors (Lipinski definition) is 5. The monoisotopic (exact) mass is 383 g/mol. The molecule has 1 heterocycles. The van der Waals surface area contributed by atoms with Crippen molar-refractivity contribution >= 4 is 17.3 Å². The molecule has 6 nitrogen and oxygen atoms in total. The van der Waals surface area contributed by atoms with Gasteiger partial charge in [0, 0.05) is 26.2 Å². The molecule has 1 aliphatic heterocycles. The highest BCUT2D eigenvalue weighted by atomic mass is 16.5. The van der Waals surface area contributed by atoms with Crippen LogP contribution in [0.5, 0.6) is 11.5 Å². The summed E-state index contributed by atoms with van der Waals surface area (Å²) in [7, 11) is 1.60. The highest BCUT2D eigenvalue weighted by molar-refractivity contribution is 5.95. The Balaban J connectivity index is 1.59. The van der Waals surface area contributed by atoms with E-state index in [4.69, 9.17) is 9.47 Å². The van der Waals surface area contributed by atoms with Crippen LogP contribution in [0.2, 0.25) is 0 Å². The Bertz CT molecular complexity index is 788. The zero-order valence-electron chi connectivity index (χ0n) is 16.9. The van der Waals surface area contributed by atoms with Crippen LogP contribution < -0.4 is 19.7 Å². The van der Waals surface area contributed by atoms with Crippen LogP contribution >= 0.6 is 0 Å². The van der Waals surface area contributed by atoms with E-state index in [0.29, 0.717) is 18.0 Å². The fourth-order valence-electron chi connectivity index (χ4n) is 3.50. The van der Waals surface area contributed by atoms with Crippen LogP contribution in [0.3, 0.4) is 0 Å². The summed E-state index contributed by atoms with van der Waals surface area (Å²) < 4.78 is 11.1. The van der Waals surface area contributed by atoms with Crippen LogP contribution in [0.25, 0.3) is 0 Å². The lowest BCUT2D eigenvalue weighted by Crippen LogP contribution is -2.52. The molecule has 3 rings (SSSR count). The molecular formula is C22H29N3O3. The fourth-order valence-corrected chi connectivity index (χ4v) is 3.50. The van der Waals surface area contributed by atoms with Crippen LogP contribution in [0.1, 0.15) is 13.8 Å². The smallest absolute Gasteiger partial charge is 0.241 e. The molecule has 0 unspecified atom stereocenters. The summed E-state index contributed by atoms with van der Waals surface area (Å²) in [5.41, 5.74) is 1.82. The number of rotatable bonds is 7. The number of carbonyl (C=O) groups excluding carboxylic acids is 1. The zero-order valence-corrected chi connectivity index (χ0v) is 16.9. The van der Waals surface area contributed by atoms with E-state index in [9.17, 15) is 4.79 Å². The summed E-state index contributed by atoms with van der Waals surface area (Å²) in [6.07, 6.45) is 0. The Morgan fingerprint density at radius 3 is 2.36 bits per heavy atom. The summed E-state index contributed by atoms with van der Waals surface area (Å²) in [6.45, 7) is 7.96. The maximum atomic E-state index is 12.7. The molecule has 1 N–H and O–H groups in total. The summed E-state index contributed by atoms with van der Waals surface area (Å²) in [4.78, 5) is 17.3. The van der Waals surface area contributed by atoms with Gasteiger partial charge in [-0.3, -0.25) is 9.69 Å². The lowest BCUT2D eigenvalue weighted by Gasteiger charge is -2.39. The average Bonchev–Trinajstić information content (AvgIpc) is 2.74. The third kappa shape index (κ3) is 4.57. The van der Waals surface area contributed by atoms with Gasteiger partial charge in [-0.05, 0) is 38.1 Å². The first-order chi connectivity index (χ1) is 13.6. The molecular weight excluding hydrogens is 354 g/mol. The highest BCUT2D eigenvalue weighted by Crippen LogP contribution is 2.29. The van der Waals surface area contributed by atoms with Crippen molar-refractivity contribution in [3.8, 4) is 11.5 Å². The van der Waals surface area contributed by atoms with Crippen molar-refractivity contribution < 1.29 is 14.3 Å². The molecule has 2 aromatic carbocycles. The lowest BCUT2D eigenvalue weighted by atomic mass is 10.2. The number of piperazine rings is 1. The second-order valence-electron chi connectivity index (χ2n) is 6.79. The van der Waals surface area contributed by atoms with Crippen LogP contribution in [0, 0.1) is 0 Å². The lowest BCUT2D eigenvalue weighted by molar-refractivity contribution is -0.120. The minimum atomic E-state index is -0.214. The summed E-state index contributed by atoms with van der Waals surface area (Å²) in [5.74, 6) is 1.56. The molecule has 150 valence electrons. The Hall–Kier alpha value is -2.73. The largest absolute Gasteiger partial charge is 0.495 e. The van der Waals surface area contributed by atoms with E-state index in [-0.39, 0.29) is 11.9 Å². The van der Waals surface area contributed by atoms with Crippen LogP contribution in [0.15, 0.2) is 48.5 Å². The van der Waals surface area contributed by atoms with Crippen LogP contribution in [-0.4, -0.2) is 56.7 Å². The molecule has 1 saturated heterocycles. The number of hydrogen-bond donors (Lipinski definition) is 1. The van der Waals surface area contributed by atoms with E-state index in [1.807, 2.05) is 56.3 Å². The van der Waals surface area contributed by atoms with Gasteiger partial charge in [-0.1, -0.05) is 24.3 Å². The standard InChI is InChI=1S/C22H29N3O3/c1-4-28-21-12-8-6-10-19(21)25-15-13-24(14-16-25)17(2)22(26)23-18-9-5-7-11-20(18)27-3/h5-12,17H,4,13-16H2,1-3H3,(H,23,26)/t17-/m0/s1. The third-order valence-electron chi connectivity index (χ3n) is 5.11.